The van der Waals surface area contributed by atoms with Crippen LogP contribution in [-0.2, 0) is 14.6 Å². The third-order valence-corrected chi connectivity index (χ3v) is 6.15. The van der Waals surface area contributed by atoms with E-state index < -0.39 is 21.8 Å². The zero-order valence-corrected chi connectivity index (χ0v) is 17.2. The summed E-state index contributed by atoms with van der Waals surface area (Å²) in [6.07, 6.45) is 2.72. The molecule has 1 saturated heterocycles. The van der Waals surface area contributed by atoms with Gasteiger partial charge in [0, 0.05) is 6.04 Å². The quantitative estimate of drug-likeness (QED) is 0.525. The van der Waals surface area contributed by atoms with Crippen molar-refractivity contribution in [3.8, 4) is 17.6 Å². The molecule has 8 heteroatoms. The summed E-state index contributed by atoms with van der Waals surface area (Å²) >= 11 is 0. The number of carbonyl (C=O) groups excluding carboxylic acids is 1. The topological polar surface area (TPSA) is 105 Å². The van der Waals surface area contributed by atoms with E-state index >= 15 is 0 Å². The molecule has 1 atom stereocenters. The zero-order chi connectivity index (χ0) is 20.7. The number of nitrogens with one attached hydrogen (secondary N) is 1. The van der Waals surface area contributed by atoms with E-state index in [1.165, 1.54) is 13.2 Å². The minimum Gasteiger partial charge on any atom is -0.493 e. The van der Waals surface area contributed by atoms with Gasteiger partial charge in [-0.25, -0.2) is 8.42 Å². The van der Waals surface area contributed by atoms with Gasteiger partial charge in [-0.2, -0.15) is 5.26 Å². The summed E-state index contributed by atoms with van der Waals surface area (Å²) in [6.45, 7) is 4.80. The summed E-state index contributed by atoms with van der Waals surface area (Å²) in [5.74, 6) is 1.02. The maximum Gasteiger partial charge on any atom is 0.262 e. The predicted molar refractivity (Wildman–Crippen MR) is 107 cm³/mol. The molecule has 1 aromatic carbocycles. The van der Waals surface area contributed by atoms with Crippen LogP contribution in [0, 0.1) is 17.2 Å². The highest BCUT2D eigenvalue weighted by Crippen LogP contribution is 2.29. The number of benzene rings is 1. The Morgan fingerprint density at radius 3 is 2.71 bits per heavy atom. The van der Waals surface area contributed by atoms with Crippen molar-refractivity contribution in [2.75, 3.05) is 25.2 Å². The summed E-state index contributed by atoms with van der Waals surface area (Å²) < 4.78 is 34.1. The van der Waals surface area contributed by atoms with E-state index in [-0.39, 0.29) is 17.1 Å². The lowest BCUT2D eigenvalue weighted by molar-refractivity contribution is -0.117. The van der Waals surface area contributed by atoms with Crippen LogP contribution in [0.2, 0.25) is 0 Å². The van der Waals surface area contributed by atoms with E-state index in [1.54, 1.807) is 18.2 Å². The molecule has 0 unspecified atom stereocenters. The van der Waals surface area contributed by atoms with Crippen LogP contribution in [-0.4, -0.2) is 45.6 Å². The van der Waals surface area contributed by atoms with Crippen LogP contribution in [0.4, 0.5) is 0 Å². The van der Waals surface area contributed by atoms with E-state index in [9.17, 15) is 18.5 Å². The van der Waals surface area contributed by atoms with Crippen molar-refractivity contribution < 1.29 is 22.7 Å². The van der Waals surface area contributed by atoms with Crippen molar-refractivity contribution >= 4 is 21.8 Å². The molecule has 28 heavy (non-hydrogen) atoms. The summed E-state index contributed by atoms with van der Waals surface area (Å²) in [6, 6.07) is 6.57. The maximum atomic E-state index is 12.3. The Morgan fingerprint density at radius 2 is 2.14 bits per heavy atom. The molecule has 152 valence electrons. The largest absolute Gasteiger partial charge is 0.493 e. The van der Waals surface area contributed by atoms with Crippen LogP contribution in [0.25, 0.3) is 6.08 Å². The summed E-state index contributed by atoms with van der Waals surface area (Å²) in [7, 11) is -1.58. The van der Waals surface area contributed by atoms with Gasteiger partial charge >= 0.3 is 0 Å². The van der Waals surface area contributed by atoms with Gasteiger partial charge in [0.25, 0.3) is 5.91 Å². The number of hydrogen-bond acceptors (Lipinski definition) is 6. The molecule has 0 radical (unpaired) electrons. The Morgan fingerprint density at radius 1 is 1.39 bits per heavy atom. The third-order valence-electron chi connectivity index (χ3n) is 4.38. The highest BCUT2D eigenvalue weighted by Gasteiger charge is 2.29. The SMILES string of the molecule is COc1cc(/C=C(\C#N)C(=O)N[C@@H]2CCS(=O)(=O)C2)ccc1OCCC(C)C. The summed E-state index contributed by atoms with van der Waals surface area (Å²) in [5.41, 5.74) is 0.513. The van der Waals surface area contributed by atoms with Crippen LogP contribution >= 0.6 is 0 Å². The Labute approximate surface area is 166 Å². The number of amides is 1. The van der Waals surface area contributed by atoms with Gasteiger partial charge in [-0.1, -0.05) is 19.9 Å². The van der Waals surface area contributed by atoms with Gasteiger partial charge in [-0.3, -0.25) is 4.79 Å². The first-order chi connectivity index (χ1) is 13.2. The minimum absolute atomic E-state index is 0.0546. The van der Waals surface area contributed by atoms with Crippen LogP contribution < -0.4 is 14.8 Å². The van der Waals surface area contributed by atoms with Gasteiger partial charge < -0.3 is 14.8 Å². The molecule has 1 fully saturated rings. The Bertz CT molecular complexity index is 884. The van der Waals surface area contributed by atoms with Crippen molar-refractivity contribution in [1.29, 1.82) is 5.26 Å². The molecular weight excluding hydrogens is 380 g/mol. The van der Waals surface area contributed by atoms with Gasteiger partial charge in [0.2, 0.25) is 0 Å². The Kier molecular flexibility index (Phi) is 7.46. The Balaban J connectivity index is 2.10. The fourth-order valence-electron chi connectivity index (χ4n) is 2.79. The molecule has 0 spiro atoms. The molecule has 1 amide bonds. The molecule has 1 aliphatic heterocycles. The second-order valence-corrected chi connectivity index (χ2v) is 9.41. The molecule has 0 saturated carbocycles. The lowest BCUT2D eigenvalue weighted by Crippen LogP contribution is -2.36. The lowest BCUT2D eigenvalue weighted by atomic mass is 10.1. The molecule has 0 aliphatic carbocycles. The highest BCUT2D eigenvalue weighted by molar-refractivity contribution is 7.91. The van der Waals surface area contributed by atoms with Gasteiger partial charge in [0.15, 0.2) is 21.3 Å². The normalized spacial score (nSPS) is 18.5. The van der Waals surface area contributed by atoms with Crippen molar-refractivity contribution in [3.63, 3.8) is 0 Å². The van der Waals surface area contributed by atoms with Gasteiger partial charge in [0.05, 0.1) is 25.2 Å². The van der Waals surface area contributed by atoms with Gasteiger partial charge in [-0.05, 0) is 42.5 Å². The third kappa shape index (κ3) is 6.27. The second kappa shape index (κ2) is 9.60. The van der Waals surface area contributed by atoms with Crippen LogP contribution in [0.1, 0.15) is 32.3 Å². The van der Waals surface area contributed by atoms with E-state index in [2.05, 4.69) is 19.2 Å². The summed E-state index contributed by atoms with van der Waals surface area (Å²) in [5, 5.41) is 11.9. The predicted octanol–water partition coefficient (Wildman–Crippen LogP) is 2.33. The fraction of sp³-hybridized carbons (Fsp3) is 0.500. The molecule has 0 aromatic heterocycles. The van der Waals surface area contributed by atoms with Crippen LogP contribution in [0.5, 0.6) is 11.5 Å². The van der Waals surface area contributed by atoms with E-state index in [0.29, 0.717) is 36.0 Å². The molecular formula is C20H26N2O5S. The van der Waals surface area contributed by atoms with E-state index in [0.717, 1.165) is 6.42 Å². The van der Waals surface area contributed by atoms with Crippen molar-refractivity contribution in [1.82, 2.24) is 5.32 Å². The number of methoxy groups -OCH3 is 1. The minimum atomic E-state index is -3.11. The number of hydrogen-bond donors (Lipinski definition) is 1. The van der Waals surface area contributed by atoms with Gasteiger partial charge in [-0.15, -0.1) is 0 Å². The van der Waals surface area contributed by atoms with Crippen LogP contribution in [0.15, 0.2) is 23.8 Å². The molecule has 1 aliphatic rings. The number of ether oxygens (including phenoxy) is 2. The number of rotatable bonds is 8. The number of carbonyl (C=O) groups is 1. The molecule has 1 heterocycles. The average Bonchev–Trinajstić information content (AvgIpc) is 2.98. The molecule has 2 rings (SSSR count). The van der Waals surface area contributed by atoms with Gasteiger partial charge in [0.1, 0.15) is 11.6 Å². The first-order valence-corrected chi connectivity index (χ1v) is 11.0. The fourth-order valence-corrected chi connectivity index (χ4v) is 4.46. The lowest BCUT2D eigenvalue weighted by Gasteiger charge is -2.13. The maximum absolute atomic E-state index is 12.3. The van der Waals surface area contributed by atoms with E-state index in [1.807, 2.05) is 6.07 Å². The average molecular weight is 407 g/mol. The second-order valence-electron chi connectivity index (χ2n) is 7.18. The zero-order valence-electron chi connectivity index (χ0n) is 16.4. The number of nitrogens with zero attached hydrogens (tertiary/aromatic N) is 1. The first kappa shape index (κ1) is 21.8. The number of sulfone groups is 1. The molecule has 1 N–H and O–H groups in total. The van der Waals surface area contributed by atoms with Crippen LogP contribution in [0.3, 0.4) is 0 Å². The highest BCUT2D eigenvalue weighted by atomic mass is 32.2. The molecule has 7 nitrogen and oxygen atoms in total. The molecule has 1 aromatic rings. The first-order valence-electron chi connectivity index (χ1n) is 9.18. The standard InChI is InChI=1S/C20H26N2O5S/c1-14(2)6-8-27-18-5-4-15(11-19(18)26-3)10-16(12-21)20(23)22-17-7-9-28(24,25)13-17/h4-5,10-11,14,17H,6-9,13H2,1-3H3,(H,22,23)/b16-10+/t17-/m1/s1. The Hall–Kier alpha value is -2.53. The summed E-state index contributed by atoms with van der Waals surface area (Å²) in [4.78, 5) is 12.3. The number of nitriles is 1. The smallest absolute Gasteiger partial charge is 0.262 e. The molecule has 0 bridgehead atoms. The van der Waals surface area contributed by atoms with Crippen molar-refractivity contribution in [2.45, 2.75) is 32.7 Å². The van der Waals surface area contributed by atoms with Crippen molar-refractivity contribution in [2.24, 2.45) is 5.92 Å². The van der Waals surface area contributed by atoms with E-state index in [4.69, 9.17) is 9.47 Å². The van der Waals surface area contributed by atoms with Crippen molar-refractivity contribution in [3.05, 3.63) is 29.3 Å². The monoisotopic (exact) mass is 406 g/mol.